The highest BCUT2D eigenvalue weighted by molar-refractivity contribution is 5.82. The largest absolute Gasteiger partial charge is 0.466 e. The molecular formula is C38H48F5N3O4. The number of carbonyl (C=O) groups excluding carboxylic acids is 2. The number of nitrogens with one attached hydrogen (secondary N) is 1. The maximum absolute atomic E-state index is 16.8. The molecule has 3 aromatic rings. The molecule has 1 heterocycles. The Morgan fingerprint density at radius 1 is 0.940 bits per heavy atom. The Labute approximate surface area is 290 Å². The van der Waals surface area contributed by atoms with Gasteiger partial charge in [0.15, 0.2) is 0 Å². The van der Waals surface area contributed by atoms with E-state index in [-0.39, 0.29) is 48.6 Å². The van der Waals surface area contributed by atoms with Crippen molar-refractivity contribution in [2.45, 2.75) is 92.9 Å². The second-order valence-electron chi connectivity index (χ2n) is 13.6. The fourth-order valence-corrected chi connectivity index (χ4v) is 6.22. The Bertz CT molecular complexity index is 1770. The molecule has 0 aliphatic heterocycles. The number of ether oxygens (including phenoxy) is 1. The van der Waals surface area contributed by atoms with Crippen LogP contribution in [0.3, 0.4) is 0 Å². The van der Waals surface area contributed by atoms with E-state index in [1.54, 1.807) is 39.8 Å². The lowest BCUT2D eigenvalue weighted by atomic mass is 9.86. The molecule has 7 nitrogen and oxygen atoms in total. The van der Waals surface area contributed by atoms with Gasteiger partial charge in [-0.3, -0.25) is 14.4 Å². The highest BCUT2D eigenvalue weighted by Gasteiger charge is 2.36. The summed E-state index contributed by atoms with van der Waals surface area (Å²) in [6.45, 7) is 14.2. The minimum atomic E-state index is -4.81. The van der Waals surface area contributed by atoms with Gasteiger partial charge in [0.1, 0.15) is 17.7 Å². The number of aromatic nitrogens is 1. The molecule has 0 saturated heterocycles. The lowest BCUT2D eigenvalue weighted by Gasteiger charge is -2.27. The number of rotatable bonds is 13. The zero-order valence-corrected chi connectivity index (χ0v) is 30.5. The zero-order valence-electron chi connectivity index (χ0n) is 30.5. The molecule has 0 aliphatic carbocycles. The van der Waals surface area contributed by atoms with Gasteiger partial charge in [0.05, 0.1) is 24.6 Å². The first-order valence-corrected chi connectivity index (χ1v) is 16.7. The average Bonchev–Trinajstić information content (AvgIpc) is 3.00. The normalized spacial score (nSPS) is 13.1. The van der Waals surface area contributed by atoms with Gasteiger partial charge in [-0.15, -0.1) is 0 Å². The highest BCUT2D eigenvalue weighted by Crippen LogP contribution is 2.39. The van der Waals surface area contributed by atoms with E-state index in [0.29, 0.717) is 11.6 Å². The number of benzene rings is 2. The molecule has 1 unspecified atom stereocenters. The van der Waals surface area contributed by atoms with Crippen LogP contribution in [0.25, 0.3) is 11.1 Å². The Morgan fingerprint density at radius 3 is 2.06 bits per heavy atom. The summed E-state index contributed by atoms with van der Waals surface area (Å²) in [5.41, 5.74) is 1.15. The number of esters is 1. The Balaban J connectivity index is 2.26. The third-order valence-electron chi connectivity index (χ3n) is 9.02. The second kappa shape index (κ2) is 16.3. The van der Waals surface area contributed by atoms with Crippen LogP contribution in [0.1, 0.15) is 90.2 Å². The Hall–Kier alpha value is -4.06. The fourth-order valence-electron chi connectivity index (χ4n) is 6.22. The van der Waals surface area contributed by atoms with Gasteiger partial charge < -0.3 is 19.5 Å². The van der Waals surface area contributed by atoms with Crippen molar-refractivity contribution >= 4 is 11.9 Å². The monoisotopic (exact) mass is 705 g/mol. The lowest BCUT2D eigenvalue weighted by molar-refractivity contribution is -0.144. The molecule has 12 heteroatoms. The van der Waals surface area contributed by atoms with E-state index in [1.807, 2.05) is 33.8 Å². The molecule has 274 valence electrons. The van der Waals surface area contributed by atoms with Crippen LogP contribution in [0.15, 0.2) is 29.2 Å². The van der Waals surface area contributed by atoms with Gasteiger partial charge in [-0.2, -0.15) is 13.2 Å². The van der Waals surface area contributed by atoms with Gasteiger partial charge in [0, 0.05) is 29.9 Å². The maximum atomic E-state index is 16.8. The van der Waals surface area contributed by atoms with Crippen molar-refractivity contribution in [2.24, 2.45) is 5.92 Å². The molecule has 0 bridgehead atoms. The van der Waals surface area contributed by atoms with Crippen LogP contribution < -0.4 is 10.9 Å². The smallest absolute Gasteiger partial charge is 0.416 e. The maximum Gasteiger partial charge on any atom is 0.416 e. The number of likely N-dealkylation sites (N-methyl/N-ethyl adjacent to an activating group) is 1. The summed E-state index contributed by atoms with van der Waals surface area (Å²) < 4.78 is 81.0. The van der Waals surface area contributed by atoms with Gasteiger partial charge >= 0.3 is 12.1 Å². The first-order valence-electron chi connectivity index (χ1n) is 16.7. The minimum absolute atomic E-state index is 0.00133. The molecular weight excluding hydrogens is 657 g/mol. The van der Waals surface area contributed by atoms with E-state index in [9.17, 15) is 27.6 Å². The quantitative estimate of drug-likeness (QED) is 0.145. The molecule has 1 aromatic heterocycles. The summed E-state index contributed by atoms with van der Waals surface area (Å²) in [5.74, 6) is -3.91. The number of halogens is 5. The summed E-state index contributed by atoms with van der Waals surface area (Å²) in [6, 6.07) is 0.885. The number of nitrogens with zero attached hydrogens (tertiary/aromatic N) is 2. The van der Waals surface area contributed by atoms with Crippen molar-refractivity contribution in [3.63, 3.8) is 0 Å². The summed E-state index contributed by atoms with van der Waals surface area (Å²) in [4.78, 5) is 42.0. The van der Waals surface area contributed by atoms with Gasteiger partial charge in [-0.25, -0.2) is 8.78 Å². The van der Waals surface area contributed by atoms with Crippen LogP contribution in [-0.2, 0) is 26.9 Å². The summed E-state index contributed by atoms with van der Waals surface area (Å²) in [6.07, 6.45) is -4.49. The number of pyridine rings is 1. The molecule has 0 fully saturated rings. The molecule has 0 radical (unpaired) electrons. The van der Waals surface area contributed by atoms with E-state index in [1.165, 1.54) is 13.0 Å². The fraction of sp³-hybridized carbons (Fsp3) is 0.500. The number of alkyl halides is 3. The van der Waals surface area contributed by atoms with Crippen LogP contribution in [0.4, 0.5) is 22.0 Å². The predicted molar refractivity (Wildman–Crippen MR) is 184 cm³/mol. The molecule has 1 amide bonds. The van der Waals surface area contributed by atoms with Crippen LogP contribution in [0, 0.1) is 52.2 Å². The standard InChI is InChI=1S/C38H48F5N3O4/c1-11-50-32(48)18-29(34-35(39)23(6)16-27(36(34)40)33-24(7)21(4)15-22(5)25(33)8)44-37(49)30(14-20(2)3)46-19-26(12-13-45(9)10)28(17-31(46)47)38(41,42)43/h15-17,19-20,29-30H,11-14,18H2,1-10H3,(H,44,49)/t29-,30?/m0/s1. The van der Waals surface area contributed by atoms with Gasteiger partial charge in [-0.05, 0) is 119 Å². The number of carbonyl (C=O) groups is 2. The molecule has 50 heavy (non-hydrogen) atoms. The van der Waals surface area contributed by atoms with Crippen LogP contribution >= 0.6 is 0 Å². The van der Waals surface area contributed by atoms with Crippen molar-refractivity contribution in [1.82, 2.24) is 14.8 Å². The molecule has 1 N–H and O–H groups in total. The predicted octanol–water partition coefficient (Wildman–Crippen LogP) is 7.86. The molecule has 0 spiro atoms. The van der Waals surface area contributed by atoms with E-state index in [2.05, 4.69) is 5.32 Å². The van der Waals surface area contributed by atoms with Crippen molar-refractivity contribution in [3.8, 4) is 11.1 Å². The van der Waals surface area contributed by atoms with E-state index in [4.69, 9.17) is 4.74 Å². The molecule has 0 saturated carbocycles. The van der Waals surface area contributed by atoms with Crippen LogP contribution in [-0.4, -0.2) is 48.6 Å². The summed E-state index contributed by atoms with van der Waals surface area (Å²) >= 11 is 0. The molecule has 0 aliphatic rings. The SMILES string of the molecule is CCOC(=O)C[C@H](NC(=O)C(CC(C)C)n1cc(CCN(C)C)c(C(F)(F)F)cc1=O)c1c(F)c(C)cc(-c2c(C)c(C)cc(C)c2C)c1F. The van der Waals surface area contributed by atoms with Gasteiger partial charge in [-0.1, -0.05) is 19.9 Å². The van der Waals surface area contributed by atoms with Crippen molar-refractivity contribution in [3.05, 3.63) is 90.9 Å². The van der Waals surface area contributed by atoms with Crippen molar-refractivity contribution in [2.75, 3.05) is 27.2 Å². The third kappa shape index (κ3) is 9.18. The highest BCUT2D eigenvalue weighted by atomic mass is 19.4. The first-order chi connectivity index (χ1) is 23.2. The third-order valence-corrected chi connectivity index (χ3v) is 9.02. The Kier molecular flexibility index (Phi) is 13.2. The van der Waals surface area contributed by atoms with Crippen molar-refractivity contribution in [1.29, 1.82) is 0 Å². The molecule has 3 rings (SSSR count). The zero-order chi connectivity index (χ0) is 37.8. The number of hydrogen-bond acceptors (Lipinski definition) is 5. The van der Waals surface area contributed by atoms with Gasteiger partial charge in [0.2, 0.25) is 5.91 Å². The number of aryl methyl sites for hydroxylation is 3. The van der Waals surface area contributed by atoms with Crippen LogP contribution in [0.2, 0.25) is 0 Å². The average molecular weight is 706 g/mol. The first kappa shape index (κ1) is 40.4. The second-order valence-corrected chi connectivity index (χ2v) is 13.6. The summed E-state index contributed by atoms with van der Waals surface area (Å²) in [5, 5.41) is 2.60. The number of amides is 1. The summed E-state index contributed by atoms with van der Waals surface area (Å²) in [7, 11) is 3.39. The molecule has 2 aromatic carbocycles. The van der Waals surface area contributed by atoms with Gasteiger partial charge in [0.25, 0.3) is 5.56 Å². The topological polar surface area (TPSA) is 80.6 Å². The molecule has 2 atom stereocenters. The van der Waals surface area contributed by atoms with E-state index in [0.717, 1.165) is 33.0 Å². The van der Waals surface area contributed by atoms with E-state index >= 15 is 8.78 Å². The Morgan fingerprint density at radius 2 is 1.54 bits per heavy atom. The van der Waals surface area contributed by atoms with Crippen LogP contribution in [0.5, 0.6) is 0 Å². The van der Waals surface area contributed by atoms with Crippen molar-refractivity contribution < 1.29 is 36.3 Å². The van der Waals surface area contributed by atoms with E-state index < -0.39 is 64.9 Å². The minimum Gasteiger partial charge on any atom is -0.466 e. The number of hydrogen-bond donors (Lipinski definition) is 1. The lowest BCUT2D eigenvalue weighted by Crippen LogP contribution is -2.41.